The van der Waals surface area contributed by atoms with Crippen LogP contribution in [0.2, 0.25) is 0 Å². The second-order valence-corrected chi connectivity index (χ2v) is 7.38. The zero-order chi connectivity index (χ0) is 15.5. The van der Waals surface area contributed by atoms with E-state index < -0.39 is 6.10 Å². The fraction of sp³-hybridized carbons (Fsp3) is 0.647. The van der Waals surface area contributed by atoms with Gasteiger partial charge in [-0.15, -0.1) is 0 Å². The fourth-order valence-electron chi connectivity index (χ4n) is 3.00. The topological polar surface area (TPSA) is 23.5 Å². The van der Waals surface area contributed by atoms with Gasteiger partial charge in [-0.25, -0.2) is 4.39 Å². The Bertz CT molecular complexity index is 470. The molecular formula is C17H25BrFNO. The van der Waals surface area contributed by atoms with Crippen LogP contribution in [0, 0.1) is 5.82 Å². The number of halogens is 2. The molecule has 0 spiro atoms. The number of aliphatic hydroxyl groups is 1. The van der Waals surface area contributed by atoms with Gasteiger partial charge in [0.15, 0.2) is 0 Å². The molecule has 1 N–H and O–H groups in total. The number of likely N-dealkylation sites (tertiary alicyclic amines) is 1. The number of hydrogen-bond acceptors (Lipinski definition) is 2. The summed E-state index contributed by atoms with van der Waals surface area (Å²) in [4.78, 5) is 2.41. The summed E-state index contributed by atoms with van der Waals surface area (Å²) < 4.78 is 13.7. The fourth-order valence-corrected chi connectivity index (χ4v) is 3.42. The van der Waals surface area contributed by atoms with Gasteiger partial charge in [-0.3, -0.25) is 4.90 Å². The van der Waals surface area contributed by atoms with Gasteiger partial charge in [-0.1, -0.05) is 18.9 Å². The van der Waals surface area contributed by atoms with Crippen molar-refractivity contribution in [3.8, 4) is 0 Å². The number of aliphatic hydroxyl groups excluding tert-OH is 1. The quantitative estimate of drug-likeness (QED) is 0.874. The third kappa shape index (κ3) is 4.27. The molecule has 1 aromatic rings. The van der Waals surface area contributed by atoms with E-state index in [1.165, 1.54) is 31.7 Å². The highest BCUT2D eigenvalue weighted by Gasteiger charge is 2.34. The number of hydrogen-bond donors (Lipinski definition) is 1. The third-order valence-corrected chi connectivity index (χ3v) is 5.26. The van der Waals surface area contributed by atoms with Crippen LogP contribution >= 0.6 is 15.9 Å². The lowest BCUT2D eigenvalue weighted by atomic mass is 9.89. The van der Waals surface area contributed by atoms with Crippen molar-refractivity contribution in [3.05, 3.63) is 34.1 Å². The molecule has 0 saturated carbocycles. The summed E-state index contributed by atoms with van der Waals surface area (Å²) in [6.45, 7) is 6.33. The second kappa shape index (κ2) is 7.21. The predicted molar refractivity (Wildman–Crippen MR) is 87.9 cm³/mol. The van der Waals surface area contributed by atoms with Crippen LogP contribution < -0.4 is 0 Å². The van der Waals surface area contributed by atoms with E-state index in [1.54, 1.807) is 12.1 Å². The van der Waals surface area contributed by atoms with Gasteiger partial charge in [0.1, 0.15) is 5.82 Å². The molecule has 1 aromatic carbocycles. The molecule has 1 aliphatic heterocycles. The van der Waals surface area contributed by atoms with Crippen LogP contribution in [-0.4, -0.2) is 34.7 Å². The average molecular weight is 358 g/mol. The molecule has 0 aromatic heterocycles. The van der Waals surface area contributed by atoms with E-state index in [0.717, 1.165) is 18.7 Å². The summed E-state index contributed by atoms with van der Waals surface area (Å²) in [6, 6.07) is 4.96. The second-order valence-electron chi connectivity index (χ2n) is 6.52. The number of benzene rings is 1. The first-order valence-corrected chi connectivity index (χ1v) is 8.57. The van der Waals surface area contributed by atoms with Crippen molar-refractivity contribution < 1.29 is 9.50 Å². The molecular weight excluding hydrogens is 333 g/mol. The van der Waals surface area contributed by atoms with Crippen molar-refractivity contribution in [1.82, 2.24) is 4.90 Å². The summed E-state index contributed by atoms with van der Waals surface area (Å²) >= 11 is 3.21. The molecule has 0 radical (unpaired) electrons. The van der Waals surface area contributed by atoms with Crippen LogP contribution in [0.4, 0.5) is 4.39 Å². The first-order valence-electron chi connectivity index (χ1n) is 7.78. The SMILES string of the molecule is CC(C)(C(O)Cc1ccc(F)c(Br)c1)N1CCCCCC1. The van der Waals surface area contributed by atoms with Crippen LogP contribution in [0.3, 0.4) is 0 Å². The summed E-state index contributed by atoms with van der Waals surface area (Å²) in [5.41, 5.74) is 0.698. The molecule has 1 fully saturated rings. The summed E-state index contributed by atoms with van der Waals surface area (Å²) in [6.07, 6.45) is 5.06. The molecule has 2 rings (SSSR count). The van der Waals surface area contributed by atoms with Crippen molar-refractivity contribution >= 4 is 15.9 Å². The van der Waals surface area contributed by atoms with Crippen molar-refractivity contribution in [3.63, 3.8) is 0 Å². The molecule has 1 atom stereocenters. The normalized spacial score (nSPS) is 19.3. The molecule has 0 aliphatic carbocycles. The van der Waals surface area contributed by atoms with Gasteiger partial charge < -0.3 is 5.11 Å². The Morgan fingerprint density at radius 1 is 1.24 bits per heavy atom. The smallest absolute Gasteiger partial charge is 0.137 e. The first-order chi connectivity index (χ1) is 9.91. The molecule has 1 heterocycles. The highest BCUT2D eigenvalue weighted by Crippen LogP contribution is 2.26. The minimum Gasteiger partial charge on any atom is -0.391 e. The molecule has 0 amide bonds. The molecule has 1 aliphatic rings. The van der Waals surface area contributed by atoms with Gasteiger partial charge in [0.05, 0.1) is 10.6 Å². The largest absolute Gasteiger partial charge is 0.391 e. The van der Waals surface area contributed by atoms with E-state index in [1.807, 2.05) is 0 Å². The van der Waals surface area contributed by atoms with E-state index >= 15 is 0 Å². The van der Waals surface area contributed by atoms with Crippen LogP contribution in [0.15, 0.2) is 22.7 Å². The summed E-state index contributed by atoms with van der Waals surface area (Å²) in [7, 11) is 0. The zero-order valence-electron chi connectivity index (χ0n) is 12.9. The van der Waals surface area contributed by atoms with Gasteiger partial charge >= 0.3 is 0 Å². The van der Waals surface area contributed by atoms with Crippen molar-refractivity contribution in [1.29, 1.82) is 0 Å². The van der Waals surface area contributed by atoms with Crippen LogP contribution in [0.1, 0.15) is 45.1 Å². The molecule has 0 bridgehead atoms. The van der Waals surface area contributed by atoms with Crippen LogP contribution in [0.25, 0.3) is 0 Å². The lowest BCUT2D eigenvalue weighted by molar-refractivity contribution is -0.00787. The van der Waals surface area contributed by atoms with Crippen LogP contribution in [0.5, 0.6) is 0 Å². The van der Waals surface area contributed by atoms with Gasteiger partial charge in [0.2, 0.25) is 0 Å². The van der Waals surface area contributed by atoms with Gasteiger partial charge in [-0.05, 0) is 73.4 Å². The Morgan fingerprint density at radius 3 is 2.43 bits per heavy atom. The maximum atomic E-state index is 13.3. The molecule has 118 valence electrons. The molecule has 2 nitrogen and oxygen atoms in total. The van der Waals surface area contributed by atoms with Crippen molar-refractivity contribution in [2.75, 3.05) is 13.1 Å². The molecule has 1 unspecified atom stereocenters. The van der Waals surface area contributed by atoms with Gasteiger partial charge in [-0.2, -0.15) is 0 Å². The monoisotopic (exact) mass is 357 g/mol. The predicted octanol–water partition coefficient (Wildman–Crippen LogP) is 4.15. The lowest BCUT2D eigenvalue weighted by Gasteiger charge is -2.41. The maximum absolute atomic E-state index is 13.3. The average Bonchev–Trinajstić information content (AvgIpc) is 2.72. The summed E-state index contributed by atoms with van der Waals surface area (Å²) in [5, 5.41) is 10.7. The van der Waals surface area contributed by atoms with Gasteiger partial charge in [0, 0.05) is 12.0 Å². The summed E-state index contributed by atoms with van der Waals surface area (Å²) in [5.74, 6) is -0.264. The van der Waals surface area contributed by atoms with Crippen molar-refractivity contribution in [2.45, 2.75) is 57.6 Å². The maximum Gasteiger partial charge on any atom is 0.137 e. The lowest BCUT2D eigenvalue weighted by Crippen LogP contribution is -2.53. The van der Waals surface area contributed by atoms with E-state index in [2.05, 4.69) is 34.7 Å². The van der Waals surface area contributed by atoms with E-state index in [-0.39, 0.29) is 11.4 Å². The Kier molecular flexibility index (Phi) is 5.81. The van der Waals surface area contributed by atoms with Crippen LogP contribution in [-0.2, 0) is 6.42 Å². The highest BCUT2D eigenvalue weighted by atomic mass is 79.9. The van der Waals surface area contributed by atoms with E-state index in [9.17, 15) is 9.50 Å². The minimum atomic E-state index is -0.465. The van der Waals surface area contributed by atoms with E-state index in [4.69, 9.17) is 0 Å². The van der Waals surface area contributed by atoms with E-state index in [0.29, 0.717) is 10.9 Å². The highest BCUT2D eigenvalue weighted by molar-refractivity contribution is 9.10. The standard InChI is InChI=1S/C17H25BrFNO/c1-17(2,20-9-5-3-4-6-10-20)16(21)12-13-7-8-15(19)14(18)11-13/h7-8,11,16,21H,3-6,9-10,12H2,1-2H3. The Hall–Kier alpha value is -0.450. The van der Waals surface area contributed by atoms with Crippen molar-refractivity contribution in [2.24, 2.45) is 0 Å². The Labute approximate surface area is 135 Å². The zero-order valence-corrected chi connectivity index (χ0v) is 14.5. The minimum absolute atomic E-state index is 0.259. The first kappa shape index (κ1) is 16.9. The molecule has 21 heavy (non-hydrogen) atoms. The molecule has 1 saturated heterocycles. The van der Waals surface area contributed by atoms with Gasteiger partial charge in [0.25, 0.3) is 0 Å². The Balaban J connectivity index is 2.05. The number of rotatable bonds is 4. The number of nitrogens with zero attached hydrogens (tertiary/aromatic N) is 1. The molecule has 4 heteroatoms. The Morgan fingerprint density at radius 2 is 1.86 bits per heavy atom. The third-order valence-electron chi connectivity index (χ3n) is 4.65.